The van der Waals surface area contributed by atoms with Crippen molar-refractivity contribution in [2.75, 3.05) is 19.1 Å². The van der Waals surface area contributed by atoms with Crippen LogP contribution in [0.2, 0.25) is 0 Å². The highest BCUT2D eigenvalue weighted by Crippen LogP contribution is 2.51. The molecule has 1 N–H and O–H groups in total. The van der Waals surface area contributed by atoms with Gasteiger partial charge in [0.1, 0.15) is 0 Å². The normalized spacial score (nSPS) is 40.5. The average molecular weight is 230 g/mol. The van der Waals surface area contributed by atoms with E-state index in [-0.39, 0.29) is 17.4 Å². The Hall–Kier alpha value is -0.280. The van der Waals surface area contributed by atoms with Crippen molar-refractivity contribution in [1.82, 2.24) is 5.32 Å². The lowest BCUT2D eigenvalue weighted by atomic mass is 9.78. The number of carbonyl (C=O) groups is 1. The van der Waals surface area contributed by atoms with Crippen LogP contribution in [0.5, 0.6) is 0 Å². The van der Waals surface area contributed by atoms with Crippen molar-refractivity contribution in [2.24, 2.45) is 17.8 Å². The van der Waals surface area contributed by atoms with Gasteiger partial charge in [0.15, 0.2) is 0 Å². The lowest BCUT2D eigenvalue weighted by Crippen LogP contribution is -2.55. The Balaban J connectivity index is 1.57. The minimum atomic E-state index is -0.0730. The molecule has 0 radical (unpaired) electrons. The number of alkyl halides is 1. The third kappa shape index (κ3) is 1.48. The summed E-state index contributed by atoms with van der Waals surface area (Å²) in [5, 5.41) is 3.14. The minimum absolute atomic E-state index is 0.0730. The molecule has 1 heterocycles. The molecule has 2 unspecified atom stereocenters. The molecule has 1 amide bonds. The molecule has 2 saturated carbocycles. The van der Waals surface area contributed by atoms with Gasteiger partial charge < -0.3 is 10.1 Å². The Bertz CT molecular complexity index is 275. The predicted molar refractivity (Wildman–Crippen MR) is 56.7 cm³/mol. The van der Waals surface area contributed by atoms with Crippen molar-refractivity contribution in [2.45, 2.75) is 24.8 Å². The summed E-state index contributed by atoms with van der Waals surface area (Å²) in [5.41, 5.74) is -0.0730. The first kappa shape index (κ1) is 9.91. The smallest absolute Gasteiger partial charge is 0.224 e. The van der Waals surface area contributed by atoms with Crippen LogP contribution in [0.4, 0.5) is 0 Å². The Morgan fingerprint density at radius 1 is 1.40 bits per heavy atom. The van der Waals surface area contributed by atoms with E-state index < -0.39 is 0 Å². The van der Waals surface area contributed by atoms with Gasteiger partial charge in [-0.1, -0.05) is 0 Å². The summed E-state index contributed by atoms with van der Waals surface area (Å²) in [6.45, 7) is 1.55. The predicted octanol–water partition coefficient (Wildman–Crippen LogP) is 1.16. The first-order valence-electron chi connectivity index (χ1n) is 5.71. The number of amides is 1. The van der Waals surface area contributed by atoms with E-state index in [9.17, 15) is 4.79 Å². The fourth-order valence-electron chi connectivity index (χ4n) is 2.87. The van der Waals surface area contributed by atoms with Gasteiger partial charge in [0, 0.05) is 11.8 Å². The molecule has 3 nitrogen and oxygen atoms in total. The summed E-state index contributed by atoms with van der Waals surface area (Å²) < 4.78 is 5.28. The number of ether oxygens (including phenoxy) is 1. The van der Waals surface area contributed by atoms with Gasteiger partial charge in [0.25, 0.3) is 0 Å². The number of rotatable bonds is 3. The van der Waals surface area contributed by atoms with Crippen LogP contribution >= 0.6 is 11.6 Å². The van der Waals surface area contributed by atoms with E-state index >= 15 is 0 Å². The van der Waals surface area contributed by atoms with Crippen LogP contribution in [0.1, 0.15) is 19.3 Å². The zero-order chi connectivity index (χ0) is 10.5. The molecule has 0 aromatic heterocycles. The number of halogens is 1. The van der Waals surface area contributed by atoms with E-state index in [1.807, 2.05) is 0 Å². The fourth-order valence-corrected chi connectivity index (χ4v) is 3.20. The molecule has 3 rings (SSSR count). The Morgan fingerprint density at radius 3 is 2.53 bits per heavy atom. The van der Waals surface area contributed by atoms with Crippen molar-refractivity contribution in [3.05, 3.63) is 0 Å². The van der Waals surface area contributed by atoms with E-state index in [4.69, 9.17) is 16.3 Å². The zero-order valence-corrected chi connectivity index (χ0v) is 9.43. The van der Waals surface area contributed by atoms with Gasteiger partial charge in [0.2, 0.25) is 5.91 Å². The number of hydrogen-bond donors (Lipinski definition) is 1. The number of carbonyl (C=O) groups excluding carboxylic acids is 1. The summed E-state index contributed by atoms with van der Waals surface area (Å²) in [6.07, 6.45) is 3.27. The first-order valence-corrected chi connectivity index (χ1v) is 6.25. The summed E-state index contributed by atoms with van der Waals surface area (Å²) in [5.74, 6) is 1.99. The van der Waals surface area contributed by atoms with Gasteiger partial charge in [-0.3, -0.25) is 4.79 Å². The second-order valence-electron chi connectivity index (χ2n) is 5.15. The van der Waals surface area contributed by atoms with Crippen LogP contribution in [0.15, 0.2) is 0 Å². The second-order valence-corrected chi connectivity index (χ2v) is 5.41. The average Bonchev–Trinajstić information content (AvgIpc) is 2.67. The van der Waals surface area contributed by atoms with Crippen LogP contribution in [0.3, 0.4) is 0 Å². The van der Waals surface area contributed by atoms with E-state index in [1.165, 1.54) is 6.42 Å². The highest BCUT2D eigenvalue weighted by Gasteiger charge is 2.58. The van der Waals surface area contributed by atoms with E-state index in [1.54, 1.807) is 0 Å². The topological polar surface area (TPSA) is 38.3 Å². The molecule has 0 aromatic rings. The molecule has 15 heavy (non-hydrogen) atoms. The maximum absolute atomic E-state index is 12.0. The quantitative estimate of drug-likeness (QED) is 0.738. The Morgan fingerprint density at radius 2 is 2.07 bits per heavy atom. The van der Waals surface area contributed by atoms with E-state index in [0.29, 0.717) is 17.7 Å². The van der Waals surface area contributed by atoms with Gasteiger partial charge in [-0.15, -0.1) is 11.6 Å². The summed E-state index contributed by atoms with van der Waals surface area (Å²) in [4.78, 5) is 12.0. The molecule has 1 aliphatic heterocycles. The molecule has 2 aliphatic carbocycles. The van der Waals surface area contributed by atoms with Crippen molar-refractivity contribution in [1.29, 1.82) is 0 Å². The van der Waals surface area contributed by atoms with Crippen molar-refractivity contribution in [3.8, 4) is 0 Å². The van der Waals surface area contributed by atoms with Crippen LogP contribution < -0.4 is 5.32 Å². The van der Waals surface area contributed by atoms with E-state index in [2.05, 4.69) is 5.32 Å². The zero-order valence-electron chi connectivity index (χ0n) is 8.67. The Labute approximate surface area is 94.5 Å². The maximum atomic E-state index is 12.0. The van der Waals surface area contributed by atoms with E-state index in [0.717, 1.165) is 26.1 Å². The lowest BCUT2D eigenvalue weighted by Gasteiger charge is -2.41. The second kappa shape index (κ2) is 3.36. The first-order chi connectivity index (χ1) is 7.26. The summed E-state index contributed by atoms with van der Waals surface area (Å²) in [7, 11) is 0. The Kier molecular flexibility index (Phi) is 2.22. The number of hydrogen-bond acceptors (Lipinski definition) is 2. The van der Waals surface area contributed by atoms with Gasteiger partial charge >= 0.3 is 0 Å². The number of nitrogens with one attached hydrogen (secondary N) is 1. The maximum Gasteiger partial charge on any atom is 0.224 e. The molecular weight excluding hydrogens is 214 g/mol. The van der Waals surface area contributed by atoms with Gasteiger partial charge in [-0.05, 0) is 31.1 Å². The molecule has 3 fully saturated rings. The van der Waals surface area contributed by atoms with Gasteiger partial charge in [0.05, 0.1) is 18.8 Å². The minimum Gasteiger partial charge on any atom is -0.381 e. The molecule has 4 heteroatoms. The number of fused-ring (bicyclic) bond motifs is 1. The molecule has 0 bridgehead atoms. The van der Waals surface area contributed by atoms with Crippen LogP contribution in [0.25, 0.3) is 0 Å². The monoisotopic (exact) mass is 229 g/mol. The molecular formula is C11H16ClNO2. The fraction of sp³-hybridized carbons (Fsp3) is 0.909. The SMILES string of the molecule is O=C(NC1(CCl)CCC1)C1C2COCC21. The van der Waals surface area contributed by atoms with Crippen LogP contribution in [-0.2, 0) is 9.53 Å². The third-order valence-electron chi connectivity index (χ3n) is 4.21. The molecule has 2 atom stereocenters. The standard InChI is InChI=1S/C11H16ClNO2/c12-6-11(2-1-3-11)13-10(14)9-7-4-15-5-8(7)9/h7-9H,1-6H2,(H,13,14). The van der Waals surface area contributed by atoms with Crippen molar-refractivity contribution >= 4 is 17.5 Å². The highest BCUT2D eigenvalue weighted by molar-refractivity contribution is 6.18. The van der Waals surface area contributed by atoms with Gasteiger partial charge in [-0.2, -0.15) is 0 Å². The van der Waals surface area contributed by atoms with Crippen molar-refractivity contribution < 1.29 is 9.53 Å². The molecule has 0 aromatic carbocycles. The molecule has 3 aliphatic rings. The molecule has 84 valence electrons. The highest BCUT2D eigenvalue weighted by atomic mass is 35.5. The van der Waals surface area contributed by atoms with Crippen LogP contribution in [-0.4, -0.2) is 30.5 Å². The summed E-state index contributed by atoms with van der Waals surface area (Å²) in [6, 6.07) is 0. The van der Waals surface area contributed by atoms with Gasteiger partial charge in [-0.25, -0.2) is 0 Å². The molecule has 0 spiro atoms. The summed E-state index contributed by atoms with van der Waals surface area (Å²) >= 11 is 5.91. The molecule has 1 saturated heterocycles. The van der Waals surface area contributed by atoms with Crippen molar-refractivity contribution in [3.63, 3.8) is 0 Å². The third-order valence-corrected chi connectivity index (χ3v) is 4.72. The van der Waals surface area contributed by atoms with Crippen LogP contribution in [0, 0.1) is 17.8 Å². The lowest BCUT2D eigenvalue weighted by molar-refractivity contribution is -0.126. The largest absolute Gasteiger partial charge is 0.381 e.